The number of rotatable bonds is 6. The highest BCUT2D eigenvalue weighted by Gasteiger charge is 2.15. The van der Waals surface area contributed by atoms with Crippen LogP contribution in [0.4, 0.5) is 16.0 Å². The highest BCUT2D eigenvalue weighted by molar-refractivity contribution is 7.92. The number of carbonyl (C=O) groups is 1. The Morgan fingerprint density at radius 2 is 1.76 bits per heavy atom. The minimum absolute atomic E-state index is 0.0116. The molecule has 0 aliphatic carbocycles. The minimum Gasteiger partial charge on any atom is -0.326 e. The molecule has 0 fully saturated rings. The van der Waals surface area contributed by atoms with Gasteiger partial charge in [-0.15, -0.1) is 0 Å². The molecule has 0 spiro atoms. The second-order valence-corrected chi connectivity index (χ2v) is 7.65. The zero-order chi connectivity index (χ0) is 20.9. The number of benzene rings is 2. The topological polar surface area (TPSA) is 101 Å². The van der Waals surface area contributed by atoms with Gasteiger partial charge in [0.05, 0.1) is 10.6 Å². The molecule has 148 valence electrons. The quantitative estimate of drug-likeness (QED) is 0.645. The van der Waals surface area contributed by atoms with Gasteiger partial charge >= 0.3 is 0 Å². The van der Waals surface area contributed by atoms with E-state index < -0.39 is 10.0 Å². The Kier molecular flexibility index (Phi) is 5.99. The largest absolute Gasteiger partial charge is 0.326 e. The monoisotopic (exact) mass is 412 g/mol. The zero-order valence-electron chi connectivity index (χ0n) is 15.3. The highest BCUT2D eigenvalue weighted by Crippen LogP contribution is 2.17. The molecular formula is C20H17FN4O3S. The van der Waals surface area contributed by atoms with Crippen LogP contribution < -0.4 is 10.0 Å². The van der Waals surface area contributed by atoms with Crippen LogP contribution in [-0.4, -0.2) is 24.3 Å². The lowest BCUT2D eigenvalue weighted by molar-refractivity contribution is -0.114. The minimum atomic E-state index is -3.92. The number of amides is 1. The van der Waals surface area contributed by atoms with Gasteiger partial charge in [0, 0.05) is 24.4 Å². The third-order valence-corrected chi connectivity index (χ3v) is 5.07. The fourth-order valence-corrected chi connectivity index (χ4v) is 3.35. The fraction of sp³-hybridized carbons (Fsp3) is 0.0500. The molecule has 1 amide bonds. The molecule has 0 bridgehead atoms. The van der Waals surface area contributed by atoms with Crippen molar-refractivity contribution < 1.29 is 17.6 Å². The first-order chi connectivity index (χ1) is 13.8. The van der Waals surface area contributed by atoms with Crippen LogP contribution in [0, 0.1) is 5.82 Å². The summed E-state index contributed by atoms with van der Waals surface area (Å²) in [5.74, 6) is -0.750. The summed E-state index contributed by atoms with van der Waals surface area (Å²) in [6.07, 6.45) is 4.49. The summed E-state index contributed by atoms with van der Waals surface area (Å²) in [6.45, 7) is 1.36. The molecule has 0 unspecified atom stereocenters. The number of hydrogen-bond acceptors (Lipinski definition) is 5. The highest BCUT2D eigenvalue weighted by atomic mass is 32.2. The third-order valence-electron chi connectivity index (χ3n) is 3.73. The maximum absolute atomic E-state index is 13.7. The van der Waals surface area contributed by atoms with Crippen molar-refractivity contribution in [3.05, 3.63) is 77.9 Å². The van der Waals surface area contributed by atoms with E-state index in [1.807, 2.05) is 0 Å². The van der Waals surface area contributed by atoms with Crippen LogP contribution in [0.5, 0.6) is 0 Å². The molecule has 1 heterocycles. The summed E-state index contributed by atoms with van der Waals surface area (Å²) in [5.41, 5.74) is 1.27. The van der Waals surface area contributed by atoms with E-state index in [-0.39, 0.29) is 22.6 Å². The Bertz CT molecular complexity index is 1160. The van der Waals surface area contributed by atoms with Crippen molar-refractivity contribution in [2.45, 2.75) is 11.8 Å². The van der Waals surface area contributed by atoms with Crippen LogP contribution in [0.2, 0.25) is 0 Å². The van der Waals surface area contributed by atoms with Crippen molar-refractivity contribution in [3.8, 4) is 0 Å². The van der Waals surface area contributed by atoms with E-state index >= 15 is 0 Å². The van der Waals surface area contributed by atoms with Gasteiger partial charge < -0.3 is 5.32 Å². The summed E-state index contributed by atoms with van der Waals surface area (Å²) < 4.78 is 41.0. The van der Waals surface area contributed by atoms with E-state index in [0.29, 0.717) is 16.9 Å². The molecule has 1 aromatic heterocycles. The molecule has 0 radical (unpaired) electrons. The number of nitrogens with zero attached hydrogens (tertiary/aromatic N) is 2. The Morgan fingerprint density at radius 3 is 2.45 bits per heavy atom. The molecule has 7 nitrogen and oxygen atoms in total. The maximum Gasteiger partial charge on any atom is 0.264 e. The second kappa shape index (κ2) is 8.61. The molecule has 0 aliphatic heterocycles. The van der Waals surface area contributed by atoms with Crippen LogP contribution >= 0.6 is 0 Å². The van der Waals surface area contributed by atoms with Gasteiger partial charge in [-0.3, -0.25) is 4.79 Å². The summed E-state index contributed by atoms with van der Waals surface area (Å²) in [7, 11) is -3.92. The number of anilines is 2. The van der Waals surface area contributed by atoms with Crippen molar-refractivity contribution in [1.29, 1.82) is 0 Å². The van der Waals surface area contributed by atoms with Crippen LogP contribution in [-0.2, 0) is 14.8 Å². The molecule has 2 aromatic carbocycles. The van der Waals surface area contributed by atoms with Gasteiger partial charge in [-0.05, 0) is 48.6 Å². The van der Waals surface area contributed by atoms with Crippen LogP contribution in [0.15, 0.2) is 65.7 Å². The molecule has 0 aliphatic rings. The van der Waals surface area contributed by atoms with E-state index in [0.717, 1.165) is 0 Å². The predicted molar refractivity (Wildman–Crippen MR) is 109 cm³/mol. The van der Waals surface area contributed by atoms with Crippen molar-refractivity contribution in [3.63, 3.8) is 0 Å². The molecular weight excluding hydrogens is 395 g/mol. The SMILES string of the molecule is CC(=O)Nc1ccc(S(=O)(=O)Nc2nccc(C=Cc3ccccc3F)n2)cc1. The van der Waals surface area contributed by atoms with E-state index in [1.54, 1.807) is 30.3 Å². The smallest absolute Gasteiger partial charge is 0.264 e. The first-order valence-corrected chi connectivity index (χ1v) is 9.98. The molecule has 0 saturated carbocycles. The normalized spacial score (nSPS) is 11.4. The molecule has 0 atom stereocenters. The van der Waals surface area contributed by atoms with E-state index in [9.17, 15) is 17.6 Å². The van der Waals surface area contributed by atoms with E-state index in [2.05, 4.69) is 20.0 Å². The molecule has 29 heavy (non-hydrogen) atoms. The average molecular weight is 412 g/mol. The van der Waals surface area contributed by atoms with Gasteiger partial charge in [0.15, 0.2) is 0 Å². The first kappa shape index (κ1) is 20.2. The number of nitrogens with one attached hydrogen (secondary N) is 2. The molecule has 0 saturated heterocycles. The predicted octanol–water partition coefficient (Wildman–Crippen LogP) is 3.55. The zero-order valence-corrected chi connectivity index (χ0v) is 16.2. The van der Waals surface area contributed by atoms with Crippen molar-refractivity contribution in [1.82, 2.24) is 9.97 Å². The van der Waals surface area contributed by atoms with Crippen molar-refractivity contribution in [2.24, 2.45) is 0 Å². The van der Waals surface area contributed by atoms with Gasteiger partial charge in [-0.1, -0.05) is 18.2 Å². The van der Waals surface area contributed by atoms with Crippen molar-refractivity contribution in [2.75, 3.05) is 10.0 Å². The van der Waals surface area contributed by atoms with Crippen molar-refractivity contribution >= 4 is 39.7 Å². The summed E-state index contributed by atoms with van der Waals surface area (Å²) in [5, 5.41) is 2.56. The molecule has 9 heteroatoms. The summed E-state index contributed by atoms with van der Waals surface area (Å²) in [6, 6.07) is 13.5. The van der Waals surface area contributed by atoms with E-state index in [1.165, 1.54) is 49.5 Å². The summed E-state index contributed by atoms with van der Waals surface area (Å²) >= 11 is 0. The lowest BCUT2D eigenvalue weighted by Gasteiger charge is -2.08. The van der Waals surface area contributed by atoms with Gasteiger partial charge in [0.1, 0.15) is 5.82 Å². The van der Waals surface area contributed by atoms with E-state index in [4.69, 9.17) is 0 Å². The van der Waals surface area contributed by atoms with Gasteiger partial charge in [-0.2, -0.15) is 0 Å². The number of carbonyl (C=O) groups excluding carboxylic acids is 1. The number of aromatic nitrogens is 2. The Labute approximate surface area is 167 Å². The number of hydrogen-bond donors (Lipinski definition) is 2. The Hall–Kier alpha value is -3.59. The molecule has 2 N–H and O–H groups in total. The molecule has 3 aromatic rings. The lowest BCUT2D eigenvalue weighted by atomic mass is 10.2. The van der Waals surface area contributed by atoms with Gasteiger partial charge in [0.25, 0.3) is 10.0 Å². The first-order valence-electron chi connectivity index (χ1n) is 8.50. The average Bonchev–Trinajstić information content (AvgIpc) is 2.67. The fourth-order valence-electron chi connectivity index (χ4n) is 2.40. The van der Waals surface area contributed by atoms with Crippen LogP contribution in [0.25, 0.3) is 12.2 Å². The van der Waals surface area contributed by atoms with Gasteiger partial charge in [-0.25, -0.2) is 27.5 Å². The third kappa shape index (κ3) is 5.45. The second-order valence-electron chi connectivity index (χ2n) is 5.97. The maximum atomic E-state index is 13.7. The number of halogens is 1. The molecule has 3 rings (SSSR count). The number of sulfonamides is 1. The van der Waals surface area contributed by atoms with Crippen LogP contribution in [0.3, 0.4) is 0 Å². The van der Waals surface area contributed by atoms with Gasteiger partial charge in [0.2, 0.25) is 11.9 Å². The lowest BCUT2D eigenvalue weighted by Crippen LogP contribution is -2.15. The summed E-state index contributed by atoms with van der Waals surface area (Å²) in [4.78, 5) is 19.1. The Morgan fingerprint density at radius 1 is 1.03 bits per heavy atom. The van der Waals surface area contributed by atoms with Crippen LogP contribution in [0.1, 0.15) is 18.2 Å². The standard InChI is InChI=1S/C20H17FN4O3S/c1-14(26)23-16-8-10-18(11-9-16)29(27,28)25-20-22-13-12-17(24-20)7-6-15-4-2-3-5-19(15)21/h2-13H,1H3,(H,23,26)(H,22,24,25). The Balaban J connectivity index is 1.77.